The van der Waals surface area contributed by atoms with E-state index in [4.69, 9.17) is 0 Å². The van der Waals surface area contributed by atoms with Crippen LogP contribution in [0.2, 0.25) is 0 Å². The summed E-state index contributed by atoms with van der Waals surface area (Å²) in [5.41, 5.74) is 0.371. The Morgan fingerprint density at radius 3 is 2.67 bits per heavy atom. The zero-order valence-electron chi connectivity index (χ0n) is 13.4. The van der Waals surface area contributed by atoms with Crippen LogP contribution in [0.15, 0.2) is 23.1 Å². The van der Waals surface area contributed by atoms with Crippen LogP contribution in [0.1, 0.15) is 41.0 Å². The quantitative estimate of drug-likeness (QED) is 0.815. The Bertz CT molecular complexity index is 773. The van der Waals surface area contributed by atoms with Gasteiger partial charge in [-0.15, -0.1) is 12.4 Å². The third kappa shape index (κ3) is 3.01. The first-order valence-electron chi connectivity index (χ1n) is 7.57. The number of benzene rings is 1. The molecule has 2 aliphatic heterocycles. The Morgan fingerprint density at radius 1 is 1.38 bits per heavy atom. The van der Waals surface area contributed by atoms with Crippen LogP contribution < -0.4 is 10.6 Å². The number of fused-ring (bicyclic) bond motifs is 1. The van der Waals surface area contributed by atoms with E-state index in [2.05, 4.69) is 10.6 Å². The summed E-state index contributed by atoms with van der Waals surface area (Å²) in [5, 5.41) is 6.01. The lowest BCUT2D eigenvalue weighted by atomic mass is 10.1. The fourth-order valence-corrected chi connectivity index (χ4v) is 4.74. The van der Waals surface area contributed by atoms with Crippen molar-refractivity contribution in [2.75, 3.05) is 13.1 Å². The molecular formula is C15H20ClN3O4S. The van der Waals surface area contributed by atoms with Gasteiger partial charge in [-0.2, -0.15) is 0 Å². The summed E-state index contributed by atoms with van der Waals surface area (Å²) >= 11 is 0. The molecule has 132 valence electrons. The molecule has 1 fully saturated rings. The van der Waals surface area contributed by atoms with Crippen LogP contribution in [0.25, 0.3) is 0 Å². The molecule has 2 N–H and O–H groups in total. The van der Waals surface area contributed by atoms with Gasteiger partial charge in [0.1, 0.15) is 4.90 Å². The molecule has 2 aliphatic rings. The average Bonchev–Trinajstić information content (AvgIpc) is 3.04. The van der Waals surface area contributed by atoms with Gasteiger partial charge in [0.25, 0.3) is 21.8 Å². The van der Waals surface area contributed by atoms with Crippen molar-refractivity contribution in [2.24, 2.45) is 0 Å². The zero-order valence-corrected chi connectivity index (χ0v) is 15.0. The largest absolute Gasteiger partial charge is 0.348 e. The molecule has 0 aromatic heterocycles. The van der Waals surface area contributed by atoms with E-state index >= 15 is 0 Å². The molecule has 2 heterocycles. The summed E-state index contributed by atoms with van der Waals surface area (Å²) in [4.78, 5) is 24.4. The number of nitrogens with zero attached hydrogens (tertiary/aromatic N) is 1. The van der Waals surface area contributed by atoms with Crippen molar-refractivity contribution in [3.63, 3.8) is 0 Å². The van der Waals surface area contributed by atoms with Gasteiger partial charge in [-0.25, -0.2) is 12.7 Å². The van der Waals surface area contributed by atoms with Crippen molar-refractivity contribution in [2.45, 2.75) is 37.2 Å². The molecule has 1 aromatic rings. The molecule has 0 bridgehead atoms. The van der Waals surface area contributed by atoms with E-state index in [1.165, 1.54) is 18.2 Å². The van der Waals surface area contributed by atoms with Crippen molar-refractivity contribution >= 4 is 34.2 Å². The SMILES string of the molecule is CC(C)N1C(=O)c2ccc(C(=O)NC3CCNC3)cc2S1(=O)=O.Cl. The Balaban J connectivity index is 0.00000208. The van der Waals surface area contributed by atoms with Crippen molar-refractivity contribution in [1.29, 1.82) is 0 Å². The second kappa shape index (κ2) is 6.70. The zero-order chi connectivity index (χ0) is 16.8. The lowest BCUT2D eigenvalue weighted by molar-refractivity contribution is 0.0845. The molecule has 3 rings (SSSR count). The highest BCUT2D eigenvalue weighted by molar-refractivity contribution is 7.90. The minimum atomic E-state index is -3.89. The third-order valence-electron chi connectivity index (χ3n) is 4.08. The molecule has 0 spiro atoms. The van der Waals surface area contributed by atoms with Crippen LogP contribution in [0.3, 0.4) is 0 Å². The maximum atomic E-state index is 12.5. The van der Waals surface area contributed by atoms with Crippen LogP contribution in [0.5, 0.6) is 0 Å². The highest BCUT2D eigenvalue weighted by Crippen LogP contribution is 2.32. The Morgan fingerprint density at radius 2 is 2.08 bits per heavy atom. The number of hydrogen-bond donors (Lipinski definition) is 2. The number of carbonyl (C=O) groups excluding carboxylic acids is 2. The van der Waals surface area contributed by atoms with E-state index in [0.717, 1.165) is 17.3 Å². The highest BCUT2D eigenvalue weighted by atomic mass is 35.5. The molecule has 0 radical (unpaired) electrons. The van der Waals surface area contributed by atoms with E-state index in [1.54, 1.807) is 13.8 Å². The maximum Gasteiger partial charge on any atom is 0.269 e. The number of rotatable bonds is 3. The highest BCUT2D eigenvalue weighted by Gasteiger charge is 2.43. The van der Waals surface area contributed by atoms with Crippen LogP contribution in [0.4, 0.5) is 0 Å². The minimum absolute atomic E-state index is 0. The number of hydrogen-bond acceptors (Lipinski definition) is 5. The Labute approximate surface area is 147 Å². The average molecular weight is 374 g/mol. The lowest BCUT2D eigenvalue weighted by Gasteiger charge is -2.18. The molecule has 1 atom stereocenters. The number of halogens is 1. The van der Waals surface area contributed by atoms with Crippen LogP contribution in [0, 0.1) is 0 Å². The fourth-order valence-electron chi connectivity index (χ4n) is 2.95. The maximum absolute atomic E-state index is 12.5. The van der Waals surface area contributed by atoms with Crippen molar-refractivity contribution in [1.82, 2.24) is 14.9 Å². The van der Waals surface area contributed by atoms with E-state index < -0.39 is 22.0 Å². The normalized spacial score (nSPS) is 21.5. The van der Waals surface area contributed by atoms with Gasteiger partial charge in [-0.05, 0) is 45.0 Å². The molecule has 7 nitrogen and oxygen atoms in total. The van der Waals surface area contributed by atoms with Gasteiger partial charge >= 0.3 is 0 Å². The summed E-state index contributed by atoms with van der Waals surface area (Å²) in [7, 11) is -3.89. The first-order valence-corrected chi connectivity index (χ1v) is 9.01. The molecule has 2 amide bonds. The van der Waals surface area contributed by atoms with Crippen LogP contribution >= 0.6 is 12.4 Å². The molecular weight excluding hydrogens is 354 g/mol. The molecule has 24 heavy (non-hydrogen) atoms. The summed E-state index contributed by atoms with van der Waals surface area (Å²) < 4.78 is 25.9. The summed E-state index contributed by atoms with van der Waals surface area (Å²) in [6.45, 7) is 4.83. The van der Waals surface area contributed by atoms with Crippen molar-refractivity contribution in [3.8, 4) is 0 Å². The van der Waals surface area contributed by atoms with Crippen LogP contribution in [-0.4, -0.2) is 49.7 Å². The third-order valence-corrected chi connectivity index (χ3v) is 6.07. The van der Waals surface area contributed by atoms with Gasteiger partial charge in [-0.3, -0.25) is 9.59 Å². The smallest absolute Gasteiger partial charge is 0.269 e. The van der Waals surface area contributed by atoms with Crippen molar-refractivity contribution < 1.29 is 18.0 Å². The first-order chi connectivity index (χ1) is 10.8. The topological polar surface area (TPSA) is 95.6 Å². The van der Waals surface area contributed by atoms with Gasteiger partial charge in [0.05, 0.1) is 5.56 Å². The monoisotopic (exact) mass is 373 g/mol. The summed E-state index contributed by atoms with van der Waals surface area (Å²) in [6.07, 6.45) is 0.842. The molecule has 1 unspecified atom stereocenters. The second-order valence-corrected chi connectivity index (χ2v) is 7.86. The lowest BCUT2D eigenvalue weighted by Crippen LogP contribution is -2.36. The number of sulfonamides is 1. The molecule has 0 saturated carbocycles. The van der Waals surface area contributed by atoms with E-state index in [0.29, 0.717) is 6.54 Å². The van der Waals surface area contributed by atoms with Gasteiger partial charge < -0.3 is 10.6 Å². The Hall–Kier alpha value is -1.64. The molecule has 1 saturated heterocycles. The Kier molecular flexibility index (Phi) is 5.22. The molecule has 9 heteroatoms. The standard InChI is InChI=1S/C15H19N3O4S.ClH/c1-9(2)18-15(20)12-4-3-10(7-13(12)23(18,21)22)14(19)17-11-5-6-16-8-11;/h3-4,7,9,11,16H,5-6,8H2,1-2H3,(H,17,19);1H. The van der Waals surface area contributed by atoms with Crippen LogP contribution in [-0.2, 0) is 10.0 Å². The first kappa shape index (κ1) is 18.7. The van der Waals surface area contributed by atoms with Gasteiger partial charge in [0, 0.05) is 24.2 Å². The van der Waals surface area contributed by atoms with E-state index in [9.17, 15) is 18.0 Å². The van der Waals surface area contributed by atoms with Gasteiger partial charge in [0.2, 0.25) is 0 Å². The number of nitrogens with one attached hydrogen (secondary N) is 2. The molecule has 1 aromatic carbocycles. The van der Waals surface area contributed by atoms with E-state index in [1.807, 2.05) is 0 Å². The summed E-state index contributed by atoms with van der Waals surface area (Å²) in [5.74, 6) is -0.867. The predicted molar refractivity (Wildman–Crippen MR) is 90.9 cm³/mol. The second-order valence-electron chi connectivity index (χ2n) is 6.07. The molecule has 0 aliphatic carbocycles. The minimum Gasteiger partial charge on any atom is -0.348 e. The summed E-state index contributed by atoms with van der Waals surface area (Å²) in [6, 6.07) is 3.78. The predicted octanol–water partition coefficient (Wildman–Crippen LogP) is 0.753. The number of amides is 2. The van der Waals surface area contributed by atoms with Gasteiger partial charge in [-0.1, -0.05) is 0 Å². The van der Waals surface area contributed by atoms with Crippen molar-refractivity contribution in [3.05, 3.63) is 29.3 Å². The van der Waals surface area contributed by atoms with E-state index in [-0.39, 0.29) is 40.4 Å². The van der Waals surface area contributed by atoms with Gasteiger partial charge in [0.15, 0.2) is 0 Å². The fraction of sp³-hybridized carbons (Fsp3) is 0.467. The number of carbonyl (C=O) groups is 2.